The van der Waals surface area contributed by atoms with Gasteiger partial charge in [0.05, 0.1) is 18.1 Å². The fourth-order valence-electron chi connectivity index (χ4n) is 3.56. The van der Waals surface area contributed by atoms with E-state index >= 15 is 0 Å². The van der Waals surface area contributed by atoms with Gasteiger partial charge in [-0.1, -0.05) is 25.6 Å². The Balaban J connectivity index is 1.86. The number of piperidine rings is 1. The summed E-state index contributed by atoms with van der Waals surface area (Å²) in [7, 11) is 0. The van der Waals surface area contributed by atoms with Crippen molar-refractivity contribution in [1.29, 1.82) is 0 Å². The summed E-state index contributed by atoms with van der Waals surface area (Å²) in [6.07, 6.45) is 2.81. The number of nitrogens with zero attached hydrogens (tertiary/aromatic N) is 4. The van der Waals surface area contributed by atoms with Gasteiger partial charge in [-0.15, -0.1) is 10.2 Å². The minimum atomic E-state index is -0.869. The van der Waals surface area contributed by atoms with Crippen molar-refractivity contribution < 1.29 is 14.0 Å². The number of rotatable bonds is 6. The highest BCUT2D eigenvalue weighted by molar-refractivity contribution is 8.00. The van der Waals surface area contributed by atoms with E-state index in [1.165, 1.54) is 18.2 Å². The molecule has 0 aromatic carbocycles. The predicted molar refractivity (Wildman–Crippen MR) is 106 cm³/mol. The Morgan fingerprint density at radius 3 is 2.68 bits per heavy atom. The molecule has 3 atom stereocenters. The average molecular weight is 407 g/mol. The van der Waals surface area contributed by atoms with Crippen LogP contribution in [-0.2, 0) is 11.3 Å². The molecule has 28 heavy (non-hydrogen) atoms. The Labute approximate surface area is 168 Å². The topological polar surface area (TPSA) is 119 Å². The van der Waals surface area contributed by atoms with E-state index in [-0.39, 0.29) is 0 Å². The van der Waals surface area contributed by atoms with Crippen LogP contribution < -0.4 is 16.0 Å². The maximum atomic E-state index is 12.1. The molecule has 3 rings (SSSR count). The number of hydrogen-bond donors (Lipinski definition) is 2. The zero-order chi connectivity index (χ0) is 20.3. The molecule has 1 fully saturated rings. The lowest BCUT2D eigenvalue weighted by Crippen LogP contribution is -2.40. The number of amides is 3. The number of thioether (sulfide) groups is 1. The summed E-state index contributed by atoms with van der Waals surface area (Å²) in [5.41, 5.74) is 5.04. The van der Waals surface area contributed by atoms with E-state index in [1.54, 1.807) is 13.2 Å². The lowest BCUT2D eigenvalue weighted by atomic mass is 9.92. The van der Waals surface area contributed by atoms with Crippen LogP contribution in [0, 0.1) is 11.8 Å². The summed E-state index contributed by atoms with van der Waals surface area (Å²) >= 11 is 1.23. The van der Waals surface area contributed by atoms with E-state index in [0.717, 1.165) is 24.8 Å². The second-order valence-electron chi connectivity index (χ2n) is 7.41. The minimum absolute atomic E-state index is 0.459. The maximum Gasteiger partial charge on any atom is 0.318 e. The molecular weight excluding hydrogens is 380 g/mol. The lowest BCUT2D eigenvalue weighted by molar-refractivity contribution is -0.119. The van der Waals surface area contributed by atoms with Crippen molar-refractivity contribution in [3.63, 3.8) is 0 Å². The van der Waals surface area contributed by atoms with E-state index < -0.39 is 17.2 Å². The Morgan fingerprint density at radius 1 is 1.36 bits per heavy atom. The molecule has 0 aliphatic carbocycles. The zero-order valence-electron chi connectivity index (χ0n) is 16.3. The fraction of sp³-hybridized carbons (Fsp3) is 0.556. The Morgan fingerprint density at radius 2 is 2.07 bits per heavy atom. The minimum Gasteiger partial charge on any atom is -0.467 e. The van der Waals surface area contributed by atoms with Crippen LogP contribution in [0.2, 0.25) is 0 Å². The van der Waals surface area contributed by atoms with Gasteiger partial charge in [0.1, 0.15) is 5.76 Å². The number of furan rings is 1. The largest absolute Gasteiger partial charge is 0.467 e. The van der Waals surface area contributed by atoms with Crippen LogP contribution in [0.25, 0.3) is 0 Å². The molecule has 3 amide bonds. The highest BCUT2D eigenvalue weighted by Gasteiger charge is 2.28. The molecule has 2 aromatic heterocycles. The van der Waals surface area contributed by atoms with Crippen LogP contribution in [-0.4, -0.2) is 45.0 Å². The smallest absolute Gasteiger partial charge is 0.318 e. The third kappa shape index (κ3) is 4.86. The summed E-state index contributed by atoms with van der Waals surface area (Å²) in [5.74, 6) is 2.20. The molecule has 3 heterocycles. The fourth-order valence-corrected chi connectivity index (χ4v) is 4.40. The third-order valence-electron chi connectivity index (χ3n) is 4.64. The molecule has 2 aromatic rings. The monoisotopic (exact) mass is 406 g/mol. The summed E-state index contributed by atoms with van der Waals surface area (Å²) in [5, 5.41) is 10.9. The van der Waals surface area contributed by atoms with Gasteiger partial charge < -0.3 is 15.1 Å². The Kier molecular flexibility index (Phi) is 6.28. The van der Waals surface area contributed by atoms with Crippen LogP contribution >= 0.6 is 11.8 Å². The molecule has 0 saturated carbocycles. The maximum absolute atomic E-state index is 12.1. The average Bonchev–Trinajstić information content (AvgIpc) is 3.24. The Bertz CT molecular complexity index is 811. The number of nitrogens with one attached hydrogen (secondary N) is 1. The molecular formula is C18H26N6O3S. The summed E-state index contributed by atoms with van der Waals surface area (Å²) < 4.78 is 7.47. The molecule has 9 nitrogen and oxygen atoms in total. The molecule has 0 unspecified atom stereocenters. The van der Waals surface area contributed by atoms with Crippen LogP contribution in [0.5, 0.6) is 0 Å². The van der Waals surface area contributed by atoms with Crippen molar-refractivity contribution in [3.05, 3.63) is 24.2 Å². The first-order valence-electron chi connectivity index (χ1n) is 9.31. The Hall–Kier alpha value is -2.49. The number of carbonyl (C=O) groups is 2. The molecule has 152 valence electrons. The van der Waals surface area contributed by atoms with Gasteiger partial charge in [-0.25, -0.2) is 4.79 Å². The van der Waals surface area contributed by atoms with Crippen LogP contribution in [0.1, 0.15) is 33.0 Å². The first-order chi connectivity index (χ1) is 13.3. The van der Waals surface area contributed by atoms with Crippen molar-refractivity contribution in [2.75, 3.05) is 18.0 Å². The van der Waals surface area contributed by atoms with Gasteiger partial charge in [0.15, 0.2) is 5.16 Å². The number of anilines is 1. The molecule has 1 saturated heterocycles. The predicted octanol–water partition coefficient (Wildman–Crippen LogP) is 2.08. The number of carbonyl (C=O) groups excluding carboxylic acids is 2. The van der Waals surface area contributed by atoms with Gasteiger partial charge in [0, 0.05) is 13.1 Å². The van der Waals surface area contributed by atoms with Crippen molar-refractivity contribution in [1.82, 2.24) is 20.1 Å². The molecule has 1 aliphatic rings. The number of urea groups is 1. The van der Waals surface area contributed by atoms with Gasteiger partial charge in [-0.05, 0) is 37.3 Å². The zero-order valence-corrected chi connectivity index (χ0v) is 17.1. The van der Waals surface area contributed by atoms with Crippen molar-refractivity contribution >= 4 is 29.6 Å². The molecule has 10 heteroatoms. The van der Waals surface area contributed by atoms with Crippen LogP contribution in [0.15, 0.2) is 28.0 Å². The molecule has 0 bridgehead atoms. The van der Waals surface area contributed by atoms with Crippen molar-refractivity contribution in [2.45, 2.75) is 44.1 Å². The molecule has 0 spiro atoms. The van der Waals surface area contributed by atoms with Gasteiger partial charge in [0.2, 0.25) is 11.9 Å². The molecule has 1 aliphatic heterocycles. The van der Waals surface area contributed by atoms with Crippen LogP contribution in [0.3, 0.4) is 0 Å². The van der Waals surface area contributed by atoms with E-state index in [1.807, 2.05) is 16.7 Å². The highest BCUT2D eigenvalue weighted by Crippen LogP contribution is 2.30. The van der Waals surface area contributed by atoms with Crippen molar-refractivity contribution in [3.8, 4) is 0 Å². The molecule has 0 radical (unpaired) electrons. The van der Waals surface area contributed by atoms with Gasteiger partial charge >= 0.3 is 6.03 Å². The number of hydrogen-bond acceptors (Lipinski definition) is 7. The third-order valence-corrected chi connectivity index (χ3v) is 5.72. The summed E-state index contributed by atoms with van der Waals surface area (Å²) in [4.78, 5) is 25.3. The van der Waals surface area contributed by atoms with Gasteiger partial charge in [0.25, 0.3) is 0 Å². The number of aromatic nitrogens is 3. The van der Waals surface area contributed by atoms with E-state index in [9.17, 15) is 9.59 Å². The number of nitrogens with two attached hydrogens (primary N) is 1. The second-order valence-corrected chi connectivity index (χ2v) is 8.72. The van der Waals surface area contributed by atoms with E-state index in [2.05, 4.69) is 34.3 Å². The van der Waals surface area contributed by atoms with Gasteiger partial charge in [-0.3, -0.25) is 14.7 Å². The SMILES string of the molecule is C[C@@H]1C[C@H](C)CN(c2nnc(S[C@H](C)C(=O)NC(N)=O)n2Cc2ccco2)C1. The lowest BCUT2D eigenvalue weighted by Gasteiger charge is -2.35. The second kappa shape index (κ2) is 8.68. The van der Waals surface area contributed by atoms with Crippen molar-refractivity contribution in [2.24, 2.45) is 17.6 Å². The van der Waals surface area contributed by atoms with E-state index in [0.29, 0.717) is 23.5 Å². The summed E-state index contributed by atoms with van der Waals surface area (Å²) in [6.45, 7) is 8.44. The summed E-state index contributed by atoms with van der Waals surface area (Å²) in [6, 6.07) is 2.86. The van der Waals surface area contributed by atoms with Crippen LogP contribution in [0.4, 0.5) is 10.7 Å². The standard InChI is InChI=1S/C18H26N6O3S/c1-11-7-12(2)9-23(8-11)17-21-22-18(24(17)10-14-5-4-6-27-14)28-13(3)15(25)20-16(19)26/h4-6,11-13H,7-10H2,1-3H3,(H3,19,20,25,26)/t11-,12+,13-/m1/s1. The highest BCUT2D eigenvalue weighted by atomic mass is 32.2. The normalized spacial score (nSPS) is 20.8. The first kappa shape index (κ1) is 20.2. The first-order valence-corrected chi connectivity index (χ1v) is 10.2. The molecule has 3 N–H and O–H groups in total. The van der Waals surface area contributed by atoms with E-state index in [4.69, 9.17) is 10.2 Å². The number of primary amides is 1. The quantitative estimate of drug-likeness (QED) is 0.705. The number of imide groups is 1. The van der Waals surface area contributed by atoms with Gasteiger partial charge in [-0.2, -0.15) is 0 Å².